The average Bonchev–Trinajstić information content (AvgIpc) is 3.27. The van der Waals surface area contributed by atoms with Crippen LogP contribution in [0.1, 0.15) is 62.2 Å². The van der Waals surface area contributed by atoms with Gasteiger partial charge in [-0.15, -0.1) is 0 Å². The van der Waals surface area contributed by atoms with Crippen molar-refractivity contribution in [1.29, 1.82) is 0 Å². The van der Waals surface area contributed by atoms with Crippen LogP contribution in [0.25, 0.3) is 0 Å². The van der Waals surface area contributed by atoms with Gasteiger partial charge in [-0.05, 0) is 43.5 Å². The summed E-state index contributed by atoms with van der Waals surface area (Å²) in [5, 5.41) is 27.9. The van der Waals surface area contributed by atoms with Gasteiger partial charge in [-0.1, -0.05) is 32.6 Å². The molecule has 2 atom stereocenters. The Hall–Kier alpha value is -2.99. The molecular formula is C21H30N2O9S. The van der Waals surface area contributed by atoms with Gasteiger partial charge in [0.2, 0.25) is 10.0 Å². The van der Waals surface area contributed by atoms with Crippen LogP contribution in [-0.2, 0) is 24.4 Å². The van der Waals surface area contributed by atoms with Crippen LogP contribution in [0.15, 0.2) is 29.2 Å². The van der Waals surface area contributed by atoms with E-state index in [0.717, 1.165) is 23.6 Å². The summed E-state index contributed by atoms with van der Waals surface area (Å²) in [6.45, 7) is 1.92. The number of aliphatic carboxylic acids is 2. The summed E-state index contributed by atoms with van der Waals surface area (Å²) in [6.07, 6.45) is 4.62. The molecule has 1 amide bonds. The molecule has 1 aromatic rings. The maximum absolute atomic E-state index is 12.8. The Morgan fingerprint density at radius 2 is 1.76 bits per heavy atom. The number of carbonyl (C=O) groups excluding carboxylic acids is 1. The number of hydrogen-bond acceptors (Lipinski definition) is 6. The molecule has 0 saturated carbocycles. The number of rotatable bonds is 11. The largest absolute Gasteiger partial charge is 0.483 e. The first-order valence-electron chi connectivity index (χ1n) is 10.6. The van der Waals surface area contributed by atoms with E-state index in [1.807, 2.05) is 6.92 Å². The minimum atomic E-state index is -4.00. The topological polar surface area (TPSA) is 178 Å². The molecule has 1 heterocycles. The highest BCUT2D eigenvalue weighted by Gasteiger charge is 2.39. The second-order valence-electron chi connectivity index (χ2n) is 7.46. The number of hydrogen-bond donors (Lipinski definition) is 4. The van der Waals surface area contributed by atoms with Crippen molar-refractivity contribution in [2.75, 3.05) is 6.54 Å². The molecule has 0 aromatic heterocycles. The van der Waals surface area contributed by atoms with Crippen LogP contribution in [0.5, 0.6) is 0 Å². The van der Waals surface area contributed by atoms with Gasteiger partial charge in [0, 0.05) is 12.1 Å². The molecule has 2 rings (SSSR count). The molecule has 0 spiro atoms. The van der Waals surface area contributed by atoms with Gasteiger partial charge in [0.1, 0.15) is 12.1 Å². The van der Waals surface area contributed by atoms with E-state index in [9.17, 15) is 33.0 Å². The standard InChI is InChI=1S/C20H28N2O7S.CH2O2/c1-2-3-4-5-7-16(19(24)25)21-18(23)14-9-11-15(12-10-14)30(28,29)22-13-6-8-17(22)20(26)27;2-1-3/h9-12,16-17H,2-8,13H2,1H3,(H,21,23)(H,24,25)(H,26,27);1H,(H,2,3)/t16?,17-;/m1./s1. The van der Waals surface area contributed by atoms with Crippen LogP contribution in [-0.4, -0.2) is 71.0 Å². The molecule has 0 bridgehead atoms. The number of sulfonamides is 1. The third kappa shape index (κ3) is 8.13. The second-order valence-corrected chi connectivity index (χ2v) is 9.35. The maximum Gasteiger partial charge on any atom is 0.326 e. The summed E-state index contributed by atoms with van der Waals surface area (Å²) in [6, 6.07) is 2.95. The summed E-state index contributed by atoms with van der Waals surface area (Å²) in [7, 11) is -4.00. The van der Waals surface area contributed by atoms with E-state index in [4.69, 9.17) is 9.90 Å². The fraction of sp³-hybridized carbons (Fsp3) is 0.524. The Labute approximate surface area is 192 Å². The van der Waals surface area contributed by atoms with Crippen LogP contribution in [0.3, 0.4) is 0 Å². The lowest BCUT2D eigenvalue weighted by atomic mass is 10.1. The smallest absolute Gasteiger partial charge is 0.326 e. The predicted octanol–water partition coefficient (Wildman–Crippen LogP) is 1.78. The van der Waals surface area contributed by atoms with Gasteiger partial charge in [-0.3, -0.25) is 14.4 Å². The Kier molecular flexibility index (Phi) is 11.5. The monoisotopic (exact) mass is 486 g/mol. The molecule has 1 fully saturated rings. The fourth-order valence-electron chi connectivity index (χ4n) is 3.46. The van der Waals surface area contributed by atoms with E-state index in [2.05, 4.69) is 5.32 Å². The van der Waals surface area contributed by atoms with Gasteiger partial charge >= 0.3 is 11.9 Å². The van der Waals surface area contributed by atoms with Crippen LogP contribution in [0.4, 0.5) is 0 Å². The highest BCUT2D eigenvalue weighted by Crippen LogP contribution is 2.26. The zero-order valence-electron chi connectivity index (χ0n) is 18.3. The van der Waals surface area contributed by atoms with E-state index in [-0.39, 0.29) is 29.9 Å². The Balaban J connectivity index is 0.00000172. The molecule has 12 heteroatoms. The van der Waals surface area contributed by atoms with Crippen molar-refractivity contribution in [3.8, 4) is 0 Å². The Morgan fingerprint density at radius 1 is 1.15 bits per heavy atom. The zero-order chi connectivity index (χ0) is 25.0. The molecule has 1 unspecified atom stereocenters. The van der Waals surface area contributed by atoms with Crippen LogP contribution in [0, 0.1) is 0 Å². The first kappa shape index (κ1) is 28.0. The summed E-state index contributed by atoms with van der Waals surface area (Å²) in [5.41, 5.74) is 0.130. The van der Waals surface area contributed by atoms with Crippen molar-refractivity contribution in [2.45, 2.75) is 68.8 Å². The van der Waals surface area contributed by atoms with Gasteiger partial charge in [0.15, 0.2) is 0 Å². The molecule has 184 valence electrons. The number of unbranched alkanes of at least 4 members (excludes halogenated alkanes) is 3. The third-order valence-electron chi connectivity index (χ3n) is 5.16. The summed E-state index contributed by atoms with van der Waals surface area (Å²) in [5.74, 6) is -2.91. The van der Waals surface area contributed by atoms with E-state index in [1.165, 1.54) is 24.3 Å². The van der Waals surface area contributed by atoms with Crippen molar-refractivity contribution in [2.24, 2.45) is 0 Å². The number of nitrogens with zero attached hydrogens (tertiary/aromatic N) is 1. The van der Waals surface area contributed by atoms with Crippen molar-refractivity contribution in [1.82, 2.24) is 9.62 Å². The lowest BCUT2D eigenvalue weighted by Crippen LogP contribution is -2.41. The predicted molar refractivity (Wildman–Crippen MR) is 117 cm³/mol. The molecule has 4 N–H and O–H groups in total. The van der Waals surface area contributed by atoms with Crippen molar-refractivity contribution < 1.29 is 42.9 Å². The average molecular weight is 487 g/mol. The summed E-state index contributed by atoms with van der Waals surface area (Å²) >= 11 is 0. The Morgan fingerprint density at radius 3 is 2.27 bits per heavy atom. The maximum atomic E-state index is 12.8. The van der Waals surface area contributed by atoms with Gasteiger partial charge in [-0.2, -0.15) is 4.31 Å². The SMILES string of the molecule is CCCCCCC(NC(=O)c1ccc(S(=O)(=O)N2CCC[C@@H]2C(=O)O)cc1)C(=O)O.O=CO. The number of carboxylic acids is 2. The van der Waals surface area contributed by atoms with E-state index >= 15 is 0 Å². The minimum absolute atomic E-state index is 0.110. The molecule has 11 nitrogen and oxygen atoms in total. The molecule has 1 saturated heterocycles. The first-order valence-corrected chi connectivity index (χ1v) is 12.0. The van der Waals surface area contributed by atoms with Gasteiger partial charge in [0.25, 0.3) is 12.4 Å². The third-order valence-corrected chi connectivity index (χ3v) is 7.08. The van der Waals surface area contributed by atoms with Gasteiger partial charge < -0.3 is 20.6 Å². The first-order chi connectivity index (χ1) is 15.6. The number of benzene rings is 1. The lowest BCUT2D eigenvalue weighted by Gasteiger charge is -2.21. The number of amides is 1. The van der Waals surface area contributed by atoms with E-state index < -0.39 is 40.0 Å². The second kappa shape index (κ2) is 13.5. The highest BCUT2D eigenvalue weighted by atomic mass is 32.2. The fourth-order valence-corrected chi connectivity index (χ4v) is 5.11. The van der Waals surface area contributed by atoms with Gasteiger partial charge in [-0.25, -0.2) is 13.2 Å². The van der Waals surface area contributed by atoms with E-state index in [1.54, 1.807) is 0 Å². The van der Waals surface area contributed by atoms with Crippen molar-refractivity contribution in [3.63, 3.8) is 0 Å². The molecular weight excluding hydrogens is 456 g/mol. The quantitative estimate of drug-likeness (QED) is 0.268. The highest BCUT2D eigenvalue weighted by molar-refractivity contribution is 7.89. The lowest BCUT2D eigenvalue weighted by molar-refractivity contribution is -0.141. The Bertz CT molecular complexity index is 916. The van der Waals surface area contributed by atoms with E-state index in [0.29, 0.717) is 19.3 Å². The number of carbonyl (C=O) groups is 4. The molecule has 0 radical (unpaired) electrons. The molecule has 1 aliphatic heterocycles. The molecule has 33 heavy (non-hydrogen) atoms. The van der Waals surface area contributed by atoms with Crippen LogP contribution < -0.4 is 5.32 Å². The zero-order valence-corrected chi connectivity index (χ0v) is 19.2. The van der Waals surface area contributed by atoms with Crippen LogP contribution >= 0.6 is 0 Å². The number of carboxylic acid groups (broad SMARTS) is 3. The molecule has 0 aliphatic carbocycles. The normalized spacial score (nSPS) is 16.8. The molecule has 1 aliphatic rings. The van der Waals surface area contributed by atoms with Gasteiger partial charge in [0.05, 0.1) is 4.90 Å². The molecule has 1 aromatic carbocycles. The van der Waals surface area contributed by atoms with Crippen molar-refractivity contribution >= 4 is 34.3 Å². The van der Waals surface area contributed by atoms with Crippen molar-refractivity contribution in [3.05, 3.63) is 29.8 Å². The summed E-state index contributed by atoms with van der Waals surface area (Å²) in [4.78, 5) is 43.3. The summed E-state index contributed by atoms with van der Waals surface area (Å²) < 4.78 is 26.5. The van der Waals surface area contributed by atoms with Crippen LogP contribution in [0.2, 0.25) is 0 Å². The minimum Gasteiger partial charge on any atom is -0.483 e. The number of nitrogens with one attached hydrogen (secondary N) is 1.